The third kappa shape index (κ3) is 3.08. The van der Waals surface area contributed by atoms with Crippen LogP contribution in [0.5, 0.6) is 0 Å². The fourth-order valence-electron chi connectivity index (χ4n) is 1.84. The molecule has 0 heterocycles. The number of hydrogen-bond donors (Lipinski definition) is 1. The summed E-state index contributed by atoms with van der Waals surface area (Å²) in [6.07, 6.45) is 1.81. The molecule has 86 valence electrons. The summed E-state index contributed by atoms with van der Waals surface area (Å²) in [5.74, 6) is 0.491. The van der Waals surface area contributed by atoms with E-state index in [0.29, 0.717) is 11.5 Å². The van der Waals surface area contributed by atoms with Crippen molar-refractivity contribution in [3.8, 4) is 6.07 Å². The highest BCUT2D eigenvalue weighted by atomic mass is 16.3. The van der Waals surface area contributed by atoms with Crippen molar-refractivity contribution in [3.05, 3.63) is 35.4 Å². The van der Waals surface area contributed by atoms with Crippen molar-refractivity contribution in [2.24, 2.45) is 5.92 Å². The maximum absolute atomic E-state index is 10.4. The summed E-state index contributed by atoms with van der Waals surface area (Å²) in [6, 6.07) is 9.25. The quantitative estimate of drug-likeness (QED) is 0.841. The minimum atomic E-state index is -0.802. The minimum Gasteiger partial charge on any atom is -0.385 e. The van der Waals surface area contributed by atoms with E-state index in [1.54, 1.807) is 12.1 Å². The molecule has 0 spiro atoms. The molecule has 0 aromatic heterocycles. The summed E-state index contributed by atoms with van der Waals surface area (Å²) < 4.78 is 0. The van der Waals surface area contributed by atoms with Crippen LogP contribution in [0.4, 0.5) is 0 Å². The van der Waals surface area contributed by atoms with Gasteiger partial charge in [-0.05, 0) is 37.0 Å². The Bertz CT molecular complexity index is 373. The second-order valence-corrected chi connectivity index (χ2v) is 4.68. The first-order valence-electron chi connectivity index (χ1n) is 5.72. The number of nitrogens with zero attached hydrogens (tertiary/aromatic N) is 1. The lowest BCUT2D eigenvalue weighted by Crippen LogP contribution is -2.23. The number of benzene rings is 1. The van der Waals surface area contributed by atoms with E-state index >= 15 is 0 Å². The zero-order valence-electron chi connectivity index (χ0n) is 10.2. The van der Waals surface area contributed by atoms with Gasteiger partial charge in [-0.3, -0.25) is 0 Å². The molecule has 2 heteroatoms. The molecular formula is C14H19NO. The van der Waals surface area contributed by atoms with Gasteiger partial charge in [0.1, 0.15) is 0 Å². The van der Waals surface area contributed by atoms with Crippen LogP contribution < -0.4 is 0 Å². The SMILES string of the molecule is CCC(C)CC(C)(O)c1ccc(C#N)cc1. The number of nitriles is 1. The second-order valence-electron chi connectivity index (χ2n) is 4.68. The van der Waals surface area contributed by atoms with Crippen LogP contribution in [0.1, 0.15) is 44.7 Å². The minimum absolute atomic E-state index is 0.491. The highest BCUT2D eigenvalue weighted by Gasteiger charge is 2.24. The molecular weight excluding hydrogens is 198 g/mol. The first kappa shape index (κ1) is 12.7. The fourth-order valence-corrected chi connectivity index (χ4v) is 1.84. The molecule has 0 aliphatic rings. The molecule has 16 heavy (non-hydrogen) atoms. The summed E-state index contributed by atoms with van der Waals surface area (Å²) in [6.45, 7) is 6.10. The van der Waals surface area contributed by atoms with Crippen LogP contribution in [-0.2, 0) is 5.60 Å². The topological polar surface area (TPSA) is 44.0 Å². The monoisotopic (exact) mass is 217 g/mol. The second kappa shape index (κ2) is 5.14. The van der Waals surface area contributed by atoms with Gasteiger partial charge in [0.2, 0.25) is 0 Å². The van der Waals surface area contributed by atoms with Crippen molar-refractivity contribution in [2.75, 3.05) is 0 Å². The maximum atomic E-state index is 10.4. The highest BCUT2D eigenvalue weighted by molar-refractivity contribution is 5.33. The number of hydrogen-bond acceptors (Lipinski definition) is 2. The fraction of sp³-hybridized carbons (Fsp3) is 0.500. The summed E-state index contributed by atoms with van der Waals surface area (Å²) in [7, 11) is 0. The first-order chi connectivity index (χ1) is 7.49. The highest BCUT2D eigenvalue weighted by Crippen LogP contribution is 2.29. The summed E-state index contributed by atoms with van der Waals surface area (Å²) in [5, 5.41) is 19.1. The Hall–Kier alpha value is -1.33. The smallest absolute Gasteiger partial charge is 0.0991 e. The van der Waals surface area contributed by atoms with Gasteiger partial charge in [-0.15, -0.1) is 0 Å². The van der Waals surface area contributed by atoms with Gasteiger partial charge in [-0.1, -0.05) is 32.4 Å². The predicted molar refractivity (Wildman–Crippen MR) is 64.8 cm³/mol. The van der Waals surface area contributed by atoms with Gasteiger partial charge >= 0.3 is 0 Å². The van der Waals surface area contributed by atoms with E-state index in [0.717, 1.165) is 18.4 Å². The average molecular weight is 217 g/mol. The molecule has 1 aromatic rings. The third-order valence-corrected chi connectivity index (χ3v) is 3.08. The normalized spacial score (nSPS) is 16.2. The van der Waals surface area contributed by atoms with Crippen molar-refractivity contribution in [1.29, 1.82) is 5.26 Å². The van der Waals surface area contributed by atoms with Crippen LogP contribution >= 0.6 is 0 Å². The van der Waals surface area contributed by atoms with Crippen molar-refractivity contribution < 1.29 is 5.11 Å². The standard InChI is InChI=1S/C14H19NO/c1-4-11(2)9-14(3,16)13-7-5-12(10-15)6-8-13/h5-8,11,16H,4,9H2,1-3H3. The molecule has 0 saturated carbocycles. The molecule has 0 bridgehead atoms. The molecule has 1 aromatic carbocycles. The van der Waals surface area contributed by atoms with Crippen LogP contribution in [-0.4, -0.2) is 5.11 Å². The van der Waals surface area contributed by atoms with Gasteiger partial charge < -0.3 is 5.11 Å². The summed E-state index contributed by atoms with van der Waals surface area (Å²) in [4.78, 5) is 0. The average Bonchev–Trinajstić information content (AvgIpc) is 2.28. The Labute approximate surface area is 97.5 Å². The Balaban J connectivity index is 2.85. The van der Waals surface area contributed by atoms with Crippen molar-refractivity contribution in [2.45, 2.75) is 39.2 Å². The molecule has 0 aliphatic heterocycles. The van der Waals surface area contributed by atoms with Gasteiger partial charge in [0.15, 0.2) is 0 Å². The summed E-state index contributed by atoms with van der Waals surface area (Å²) in [5.41, 5.74) is 0.707. The zero-order chi connectivity index (χ0) is 12.2. The van der Waals surface area contributed by atoms with E-state index in [2.05, 4.69) is 19.9 Å². The van der Waals surface area contributed by atoms with Gasteiger partial charge in [0.25, 0.3) is 0 Å². The van der Waals surface area contributed by atoms with E-state index in [4.69, 9.17) is 5.26 Å². The van der Waals surface area contributed by atoms with Crippen LogP contribution in [0.15, 0.2) is 24.3 Å². The van der Waals surface area contributed by atoms with Gasteiger partial charge in [0, 0.05) is 0 Å². The Morgan fingerprint density at radius 1 is 1.38 bits per heavy atom. The number of aliphatic hydroxyl groups is 1. The van der Waals surface area contributed by atoms with Crippen molar-refractivity contribution in [1.82, 2.24) is 0 Å². The van der Waals surface area contributed by atoms with Gasteiger partial charge in [0.05, 0.1) is 17.2 Å². The van der Waals surface area contributed by atoms with E-state index < -0.39 is 5.60 Å². The molecule has 1 rings (SSSR count). The Kier molecular flexibility index (Phi) is 4.09. The molecule has 0 amide bonds. The number of rotatable bonds is 4. The van der Waals surface area contributed by atoms with Crippen molar-refractivity contribution in [3.63, 3.8) is 0 Å². The van der Waals surface area contributed by atoms with E-state index in [1.165, 1.54) is 0 Å². The van der Waals surface area contributed by atoms with E-state index in [-0.39, 0.29) is 0 Å². The Morgan fingerprint density at radius 2 is 1.94 bits per heavy atom. The molecule has 0 fully saturated rings. The predicted octanol–water partition coefficient (Wildman–Crippen LogP) is 3.20. The molecule has 2 nitrogen and oxygen atoms in total. The van der Waals surface area contributed by atoms with Crippen LogP contribution in [0, 0.1) is 17.2 Å². The lowest BCUT2D eigenvalue weighted by molar-refractivity contribution is 0.0319. The van der Waals surface area contributed by atoms with Crippen molar-refractivity contribution >= 4 is 0 Å². The Morgan fingerprint density at radius 3 is 2.38 bits per heavy atom. The lowest BCUT2D eigenvalue weighted by Gasteiger charge is -2.26. The molecule has 0 radical (unpaired) electrons. The zero-order valence-corrected chi connectivity index (χ0v) is 10.2. The molecule has 2 unspecified atom stereocenters. The lowest BCUT2D eigenvalue weighted by atomic mass is 9.85. The summed E-state index contributed by atoms with van der Waals surface area (Å²) >= 11 is 0. The molecule has 1 N–H and O–H groups in total. The largest absolute Gasteiger partial charge is 0.385 e. The molecule has 0 saturated heterocycles. The maximum Gasteiger partial charge on any atom is 0.0991 e. The molecule has 0 aliphatic carbocycles. The molecule has 2 atom stereocenters. The van der Waals surface area contributed by atoms with Crippen LogP contribution in [0.25, 0.3) is 0 Å². The third-order valence-electron chi connectivity index (χ3n) is 3.08. The first-order valence-corrected chi connectivity index (χ1v) is 5.72. The van der Waals surface area contributed by atoms with Gasteiger partial charge in [-0.25, -0.2) is 0 Å². The van der Waals surface area contributed by atoms with E-state index in [9.17, 15) is 5.11 Å². The van der Waals surface area contributed by atoms with Crippen LogP contribution in [0.2, 0.25) is 0 Å². The van der Waals surface area contributed by atoms with Gasteiger partial charge in [-0.2, -0.15) is 5.26 Å². The van der Waals surface area contributed by atoms with E-state index in [1.807, 2.05) is 19.1 Å². The van der Waals surface area contributed by atoms with Crippen LogP contribution in [0.3, 0.4) is 0 Å².